The van der Waals surface area contributed by atoms with Crippen LogP contribution in [0.4, 0.5) is 13.2 Å². The molecule has 1 N–H and O–H groups in total. The summed E-state index contributed by atoms with van der Waals surface area (Å²) in [5.41, 5.74) is 0. The van der Waals surface area contributed by atoms with Gasteiger partial charge >= 0.3 is 6.18 Å². The first kappa shape index (κ1) is 16.8. The number of halogens is 3. The van der Waals surface area contributed by atoms with Crippen molar-refractivity contribution in [1.82, 2.24) is 5.32 Å². The van der Waals surface area contributed by atoms with Gasteiger partial charge in [-0.25, -0.2) is 8.42 Å². The Kier molecular flexibility index (Phi) is 6.11. The van der Waals surface area contributed by atoms with Crippen LogP contribution in [0.25, 0.3) is 0 Å². The molecule has 1 fully saturated rings. The molecule has 1 heterocycles. The minimum Gasteiger partial charge on any atom is -0.313 e. The Balaban J connectivity index is 2.71. The molecule has 0 saturated carbocycles. The van der Waals surface area contributed by atoms with Gasteiger partial charge in [0.05, 0.1) is 11.0 Å². The van der Waals surface area contributed by atoms with Crippen LogP contribution < -0.4 is 5.32 Å². The lowest BCUT2D eigenvalue weighted by atomic mass is 10.0. The second-order valence-corrected chi connectivity index (χ2v) is 7.46. The van der Waals surface area contributed by atoms with E-state index in [1.165, 1.54) is 0 Å². The Morgan fingerprint density at radius 3 is 2.53 bits per heavy atom. The van der Waals surface area contributed by atoms with Gasteiger partial charge in [0.2, 0.25) is 0 Å². The van der Waals surface area contributed by atoms with Crippen molar-refractivity contribution >= 4 is 9.84 Å². The van der Waals surface area contributed by atoms with E-state index in [0.717, 1.165) is 12.8 Å². The maximum atomic E-state index is 12.3. The van der Waals surface area contributed by atoms with Crippen LogP contribution in [0, 0.1) is 0 Å². The van der Waals surface area contributed by atoms with E-state index in [1.54, 1.807) is 0 Å². The van der Waals surface area contributed by atoms with Crippen molar-refractivity contribution in [2.75, 3.05) is 12.3 Å². The van der Waals surface area contributed by atoms with Gasteiger partial charge in [-0.2, -0.15) is 13.2 Å². The maximum Gasteiger partial charge on any atom is 0.389 e. The first-order chi connectivity index (χ1) is 8.76. The molecule has 2 unspecified atom stereocenters. The van der Waals surface area contributed by atoms with Gasteiger partial charge < -0.3 is 5.32 Å². The lowest BCUT2D eigenvalue weighted by Crippen LogP contribution is -2.47. The van der Waals surface area contributed by atoms with E-state index in [1.807, 2.05) is 6.92 Å². The molecule has 7 heteroatoms. The van der Waals surface area contributed by atoms with Crippen LogP contribution in [0.2, 0.25) is 0 Å². The normalized spacial score (nSPS) is 25.2. The average Bonchev–Trinajstić information content (AvgIpc) is 2.28. The van der Waals surface area contributed by atoms with Gasteiger partial charge in [-0.15, -0.1) is 0 Å². The molecule has 19 heavy (non-hydrogen) atoms. The molecule has 3 nitrogen and oxygen atoms in total. The summed E-state index contributed by atoms with van der Waals surface area (Å²) < 4.78 is 60.9. The summed E-state index contributed by atoms with van der Waals surface area (Å²) in [5, 5.41) is 2.33. The highest BCUT2D eigenvalue weighted by molar-refractivity contribution is 7.92. The number of sulfone groups is 1. The first-order valence-electron chi connectivity index (χ1n) is 6.78. The summed E-state index contributed by atoms with van der Waals surface area (Å²) >= 11 is 0. The Morgan fingerprint density at radius 1 is 1.32 bits per heavy atom. The number of nitrogens with one attached hydrogen (secondary N) is 1. The van der Waals surface area contributed by atoms with E-state index in [4.69, 9.17) is 0 Å². The fourth-order valence-corrected chi connectivity index (χ4v) is 4.67. The summed E-state index contributed by atoms with van der Waals surface area (Å²) in [6.07, 6.45) is -2.67. The number of rotatable bonds is 6. The van der Waals surface area contributed by atoms with Gasteiger partial charge in [-0.05, 0) is 32.2 Å². The third kappa shape index (κ3) is 5.69. The summed E-state index contributed by atoms with van der Waals surface area (Å²) in [5.74, 6) is 0.105. The van der Waals surface area contributed by atoms with Crippen LogP contribution in [0.1, 0.15) is 45.4 Å². The highest BCUT2D eigenvalue weighted by Crippen LogP contribution is 2.28. The number of hydrogen-bond acceptors (Lipinski definition) is 3. The van der Waals surface area contributed by atoms with Gasteiger partial charge in [-0.1, -0.05) is 13.3 Å². The van der Waals surface area contributed by atoms with Gasteiger partial charge in [0.1, 0.15) is 0 Å². The molecule has 1 saturated heterocycles. The molecule has 0 amide bonds. The Hall–Kier alpha value is -0.300. The lowest BCUT2D eigenvalue weighted by Gasteiger charge is -2.31. The van der Waals surface area contributed by atoms with E-state index < -0.39 is 33.7 Å². The topological polar surface area (TPSA) is 46.2 Å². The molecule has 0 aromatic carbocycles. The predicted octanol–water partition coefficient (Wildman–Crippen LogP) is 2.66. The summed E-state index contributed by atoms with van der Waals surface area (Å²) in [6, 6.07) is -0.577. The van der Waals surface area contributed by atoms with Crippen molar-refractivity contribution in [2.45, 2.75) is 62.9 Å². The molecule has 0 aliphatic carbocycles. The molecule has 1 aliphatic rings. The van der Waals surface area contributed by atoms with Crippen molar-refractivity contribution in [3.8, 4) is 0 Å². The zero-order valence-corrected chi connectivity index (χ0v) is 12.0. The van der Waals surface area contributed by atoms with Crippen LogP contribution >= 0.6 is 0 Å². The molecule has 0 aromatic heterocycles. The smallest absolute Gasteiger partial charge is 0.313 e. The molecular weight excluding hydrogens is 279 g/mol. The SMILES string of the molecule is CCCNC(CCC(F)(F)F)C1CCCCS1(=O)=O. The van der Waals surface area contributed by atoms with Crippen LogP contribution in [0.3, 0.4) is 0 Å². The monoisotopic (exact) mass is 301 g/mol. The fourth-order valence-electron chi connectivity index (χ4n) is 2.50. The largest absolute Gasteiger partial charge is 0.389 e. The Bertz CT molecular complexity index is 368. The standard InChI is InChI=1S/C12H22F3NO2S/c1-2-8-16-10(6-7-12(13,14)15)11-5-3-4-9-19(11,17)18/h10-11,16H,2-9H2,1H3. The third-order valence-corrected chi connectivity index (χ3v) is 5.82. The quantitative estimate of drug-likeness (QED) is 0.820. The Morgan fingerprint density at radius 2 is 2.00 bits per heavy atom. The zero-order chi connectivity index (χ0) is 14.5. The van der Waals surface area contributed by atoms with E-state index in [9.17, 15) is 21.6 Å². The Labute approximate surface area is 112 Å². The third-order valence-electron chi connectivity index (χ3n) is 3.47. The highest BCUT2D eigenvalue weighted by Gasteiger charge is 2.37. The van der Waals surface area contributed by atoms with Crippen molar-refractivity contribution in [3.63, 3.8) is 0 Å². The van der Waals surface area contributed by atoms with Crippen molar-refractivity contribution in [3.05, 3.63) is 0 Å². The summed E-state index contributed by atoms with van der Waals surface area (Å²) in [6.45, 7) is 2.46. The van der Waals surface area contributed by atoms with Crippen LogP contribution in [-0.2, 0) is 9.84 Å². The van der Waals surface area contributed by atoms with Crippen molar-refractivity contribution in [2.24, 2.45) is 0 Å². The van der Waals surface area contributed by atoms with Crippen LogP contribution in [0.15, 0.2) is 0 Å². The molecule has 0 aromatic rings. The molecular formula is C12H22F3NO2S. The fraction of sp³-hybridized carbons (Fsp3) is 1.00. The highest BCUT2D eigenvalue weighted by atomic mass is 32.2. The average molecular weight is 301 g/mol. The second kappa shape index (κ2) is 6.92. The van der Waals surface area contributed by atoms with E-state index >= 15 is 0 Å². The minimum absolute atomic E-state index is 0.105. The number of hydrogen-bond donors (Lipinski definition) is 1. The molecule has 0 spiro atoms. The van der Waals surface area contributed by atoms with Gasteiger partial charge in [0.25, 0.3) is 0 Å². The molecule has 1 aliphatic heterocycles. The minimum atomic E-state index is -4.23. The van der Waals surface area contributed by atoms with E-state index in [2.05, 4.69) is 5.32 Å². The number of alkyl halides is 3. The summed E-state index contributed by atoms with van der Waals surface area (Å²) in [7, 11) is -3.25. The van der Waals surface area contributed by atoms with E-state index in [-0.39, 0.29) is 12.2 Å². The van der Waals surface area contributed by atoms with Gasteiger partial charge in [0.15, 0.2) is 9.84 Å². The van der Waals surface area contributed by atoms with Crippen molar-refractivity contribution < 1.29 is 21.6 Å². The van der Waals surface area contributed by atoms with Crippen molar-refractivity contribution in [1.29, 1.82) is 0 Å². The molecule has 1 rings (SSSR count). The molecule has 0 radical (unpaired) electrons. The molecule has 114 valence electrons. The van der Waals surface area contributed by atoms with E-state index in [0.29, 0.717) is 19.4 Å². The van der Waals surface area contributed by atoms with Crippen LogP contribution in [0.5, 0.6) is 0 Å². The first-order valence-corrected chi connectivity index (χ1v) is 8.49. The molecule has 2 atom stereocenters. The van der Waals surface area contributed by atoms with Crippen LogP contribution in [-0.4, -0.2) is 38.2 Å². The lowest BCUT2D eigenvalue weighted by molar-refractivity contribution is -0.136. The predicted molar refractivity (Wildman–Crippen MR) is 68.8 cm³/mol. The second-order valence-electron chi connectivity index (χ2n) is 5.12. The van der Waals surface area contributed by atoms with Gasteiger partial charge in [0, 0.05) is 12.5 Å². The van der Waals surface area contributed by atoms with Gasteiger partial charge in [-0.3, -0.25) is 0 Å². The summed E-state index contributed by atoms with van der Waals surface area (Å²) in [4.78, 5) is 0. The molecule has 0 bridgehead atoms. The maximum absolute atomic E-state index is 12.3. The zero-order valence-electron chi connectivity index (χ0n) is 11.2.